The smallest absolute Gasteiger partial charge is 0.162 e. The van der Waals surface area contributed by atoms with Gasteiger partial charge in [0.25, 0.3) is 0 Å². The second-order valence-electron chi connectivity index (χ2n) is 4.21. The van der Waals surface area contributed by atoms with E-state index >= 15 is 0 Å². The molecule has 0 radical (unpaired) electrons. The fourth-order valence-electron chi connectivity index (χ4n) is 1.83. The van der Waals surface area contributed by atoms with Crippen LogP contribution in [-0.2, 0) is 6.54 Å². The predicted octanol–water partition coefficient (Wildman–Crippen LogP) is 5.21. The maximum absolute atomic E-state index is 5.33. The molecule has 0 bridgehead atoms. The Kier molecular flexibility index (Phi) is 5.35. The van der Waals surface area contributed by atoms with Crippen LogP contribution in [0.2, 0.25) is 0 Å². The van der Waals surface area contributed by atoms with Crippen molar-refractivity contribution in [2.75, 3.05) is 19.5 Å². The van der Waals surface area contributed by atoms with Gasteiger partial charge in [0.1, 0.15) is 0 Å². The second kappa shape index (κ2) is 6.83. The lowest BCUT2D eigenvalue weighted by atomic mass is 10.1. The second-order valence-corrected chi connectivity index (χ2v) is 7.52. The minimum atomic E-state index is 0.731. The lowest BCUT2D eigenvalue weighted by Crippen LogP contribution is -2.01. The van der Waals surface area contributed by atoms with E-state index in [9.17, 15) is 0 Å². The number of rotatable bonds is 5. The first-order chi connectivity index (χ1) is 9.55. The molecule has 1 N–H and O–H groups in total. The van der Waals surface area contributed by atoms with Crippen molar-refractivity contribution in [2.45, 2.75) is 13.5 Å². The molecule has 0 atom stereocenters. The van der Waals surface area contributed by atoms with E-state index in [1.807, 2.05) is 19.1 Å². The van der Waals surface area contributed by atoms with Gasteiger partial charge in [-0.2, -0.15) is 0 Å². The minimum Gasteiger partial charge on any atom is -0.493 e. The third kappa shape index (κ3) is 3.48. The molecule has 1 aromatic carbocycles. The number of methoxy groups -OCH3 is 2. The summed E-state index contributed by atoms with van der Waals surface area (Å²) >= 11 is 8.71. The van der Waals surface area contributed by atoms with Crippen molar-refractivity contribution >= 4 is 48.9 Å². The highest BCUT2D eigenvalue weighted by Crippen LogP contribution is 2.35. The number of ether oxygens (including phenoxy) is 2. The van der Waals surface area contributed by atoms with Crippen molar-refractivity contribution in [3.8, 4) is 11.5 Å². The summed E-state index contributed by atoms with van der Waals surface area (Å²) in [5, 5.41) is 3.43. The maximum atomic E-state index is 5.33. The molecular weight excluding hydrogens is 406 g/mol. The van der Waals surface area contributed by atoms with Gasteiger partial charge < -0.3 is 14.8 Å². The lowest BCUT2D eigenvalue weighted by Gasteiger charge is -2.13. The maximum Gasteiger partial charge on any atom is 0.162 e. The highest BCUT2D eigenvalue weighted by atomic mass is 79.9. The Morgan fingerprint density at radius 3 is 2.30 bits per heavy atom. The van der Waals surface area contributed by atoms with Crippen molar-refractivity contribution < 1.29 is 9.47 Å². The minimum absolute atomic E-state index is 0.731. The SMILES string of the molecule is COc1cc(C)c(NCc2cc(Br)c(Br)s2)cc1OC. The van der Waals surface area contributed by atoms with E-state index in [0.717, 1.165) is 37.6 Å². The van der Waals surface area contributed by atoms with E-state index < -0.39 is 0 Å². The summed E-state index contributed by atoms with van der Waals surface area (Å²) in [6.07, 6.45) is 0. The normalized spacial score (nSPS) is 10.4. The quantitative estimate of drug-likeness (QED) is 0.719. The Balaban J connectivity index is 2.16. The molecule has 0 amide bonds. The molecule has 0 saturated heterocycles. The van der Waals surface area contributed by atoms with E-state index in [0.29, 0.717) is 0 Å². The highest BCUT2D eigenvalue weighted by Gasteiger charge is 2.09. The summed E-state index contributed by atoms with van der Waals surface area (Å²) in [6, 6.07) is 6.05. The molecule has 1 aromatic heterocycles. The average Bonchev–Trinajstić information content (AvgIpc) is 2.76. The molecule has 0 aliphatic heterocycles. The topological polar surface area (TPSA) is 30.5 Å². The van der Waals surface area contributed by atoms with Gasteiger partial charge in [0.15, 0.2) is 11.5 Å². The molecule has 0 saturated carbocycles. The molecule has 2 rings (SSSR count). The Bertz CT molecular complexity index is 594. The molecule has 20 heavy (non-hydrogen) atoms. The fourth-order valence-corrected chi connectivity index (χ4v) is 3.95. The van der Waals surface area contributed by atoms with Gasteiger partial charge in [-0.1, -0.05) is 0 Å². The van der Waals surface area contributed by atoms with Gasteiger partial charge in [-0.15, -0.1) is 11.3 Å². The van der Waals surface area contributed by atoms with Gasteiger partial charge in [-0.3, -0.25) is 0 Å². The van der Waals surface area contributed by atoms with Crippen LogP contribution in [-0.4, -0.2) is 14.2 Å². The van der Waals surface area contributed by atoms with Gasteiger partial charge in [-0.05, 0) is 56.5 Å². The monoisotopic (exact) mass is 419 g/mol. The number of halogens is 2. The first-order valence-corrected chi connectivity index (χ1v) is 8.35. The fraction of sp³-hybridized carbons (Fsp3) is 0.286. The molecular formula is C14H15Br2NO2S. The van der Waals surface area contributed by atoms with Crippen LogP contribution in [0.5, 0.6) is 11.5 Å². The van der Waals surface area contributed by atoms with Gasteiger partial charge in [0, 0.05) is 27.6 Å². The zero-order valence-electron chi connectivity index (χ0n) is 11.4. The summed E-state index contributed by atoms with van der Waals surface area (Å²) in [4.78, 5) is 1.25. The van der Waals surface area contributed by atoms with Crippen LogP contribution < -0.4 is 14.8 Å². The first-order valence-electron chi connectivity index (χ1n) is 5.95. The summed E-state index contributed by atoms with van der Waals surface area (Å²) in [5.74, 6) is 1.48. The van der Waals surface area contributed by atoms with E-state index in [1.54, 1.807) is 25.6 Å². The Morgan fingerprint density at radius 1 is 1.10 bits per heavy atom. The van der Waals surface area contributed by atoms with Crippen LogP contribution >= 0.6 is 43.2 Å². The van der Waals surface area contributed by atoms with E-state index in [2.05, 4.69) is 43.2 Å². The first kappa shape index (κ1) is 15.7. The van der Waals surface area contributed by atoms with Crippen molar-refractivity contribution in [1.29, 1.82) is 0 Å². The number of benzene rings is 1. The summed E-state index contributed by atoms with van der Waals surface area (Å²) < 4.78 is 12.8. The Morgan fingerprint density at radius 2 is 1.75 bits per heavy atom. The van der Waals surface area contributed by atoms with E-state index in [-0.39, 0.29) is 0 Å². The van der Waals surface area contributed by atoms with Gasteiger partial charge in [0.05, 0.1) is 18.0 Å². The molecule has 0 fully saturated rings. The zero-order valence-corrected chi connectivity index (χ0v) is 15.4. The van der Waals surface area contributed by atoms with E-state index in [1.165, 1.54) is 4.88 Å². The summed E-state index contributed by atoms with van der Waals surface area (Å²) in [7, 11) is 3.29. The third-order valence-electron chi connectivity index (χ3n) is 2.88. The number of aryl methyl sites for hydroxylation is 1. The summed E-state index contributed by atoms with van der Waals surface area (Å²) in [6.45, 7) is 2.82. The van der Waals surface area contributed by atoms with Crippen LogP contribution in [0.4, 0.5) is 5.69 Å². The Labute approximate surface area is 139 Å². The lowest BCUT2D eigenvalue weighted by molar-refractivity contribution is 0.355. The Hall–Kier alpha value is -0.720. The molecule has 0 spiro atoms. The molecule has 0 unspecified atom stereocenters. The van der Waals surface area contributed by atoms with Crippen molar-refractivity contribution in [3.05, 3.63) is 36.9 Å². The molecule has 0 aliphatic rings. The third-order valence-corrected chi connectivity index (χ3v) is 6.14. The van der Waals surface area contributed by atoms with E-state index in [4.69, 9.17) is 9.47 Å². The van der Waals surface area contributed by atoms with Crippen LogP contribution in [0.15, 0.2) is 26.5 Å². The molecule has 1 heterocycles. The van der Waals surface area contributed by atoms with Gasteiger partial charge in [-0.25, -0.2) is 0 Å². The molecule has 0 aliphatic carbocycles. The largest absolute Gasteiger partial charge is 0.493 e. The molecule has 3 nitrogen and oxygen atoms in total. The van der Waals surface area contributed by atoms with Crippen LogP contribution in [0, 0.1) is 6.92 Å². The van der Waals surface area contributed by atoms with Gasteiger partial charge >= 0.3 is 0 Å². The molecule has 2 aromatic rings. The number of nitrogens with one attached hydrogen (secondary N) is 1. The van der Waals surface area contributed by atoms with Crippen LogP contribution in [0.3, 0.4) is 0 Å². The molecule has 108 valence electrons. The predicted molar refractivity (Wildman–Crippen MR) is 91.3 cm³/mol. The van der Waals surface area contributed by atoms with Crippen LogP contribution in [0.1, 0.15) is 10.4 Å². The average molecular weight is 421 g/mol. The van der Waals surface area contributed by atoms with Crippen molar-refractivity contribution in [2.24, 2.45) is 0 Å². The zero-order chi connectivity index (χ0) is 14.7. The number of thiophene rings is 1. The van der Waals surface area contributed by atoms with Crippen LogP contribution in [0.25, 0.3) is 0 Å². The summed E-state index contributed by atoms with van der Waals surface area (Å²) in [5.41, 5.74) is 2.17. The van der Waals surface area contributed by atoms with Crippen molar-refractivity contribution in [1.82, 2.24) is 0 Å². The highest BCUT2D eigenvalue weighted by molar-refractivity contribution is 9.13. The van der Waals surface area contributed by atoms with Crippen molar-refractivity contribution in [3.63, 3.8) is 0 Å². The number of hydrogen-bond acceptors (Lipinski definition) is 4. The standard InChI is InChI=1S/C14H15Br2NO2S/c1-8-4-12(18-2)13(19-3)6-11(8)17-7-9-5-10(15)14(16)20-9/h4-6,17H,7H2,1-3H3. The molecule has 6 heteroatoms. The van der Waals surface area contributed by atoms with Gasteiger partial charge in [0.2, 0.25) is 0 Å². The number of hydrogen-bond donors (Lipinski definition) is 1. The number of anilines is 1.